The zero-order valence-electron chi connectivity index (χ0n) is 7.86. The molecule has 4 heteroatoms. The summed E-state index contributed by atoms with van der Waals surface area (Å²) in [4.78, 5) is 14.7. The van der Waals surface area contributed by atoms with Crippen LogP contribution in [0.2, 0.25) is 0 Å². The van der Waals surface area contributed by atoms with E-state index in [1.807, 2.05) is 29.7 Å². The molecule has 0 unspecified atom stereocenters. The number of thioether (sulfide) groups is 1. The minimum Gasteiger partial charge on any atom is -0.360 e. The van der Waals surface area contributed by atoms with Gasteiger partial charge in [0.05, 0.1) is 5.75 Å². The molecule has 1 N–H and O–H groups in total. The molecular weight excluding hydrogens is 208 g/mol. The number of nitriles is 1. The van der Waals surface area contributed by atoms with Crippen LogP contribution >= 0.6 is 11.8 Å². The lowest BCUT2D eigenvalue weighted by molar-refractivity contribution is 0.102. The van der Waals surface area contributed by atoms with E-state index >= 15 is 0 Å². The van der Waals surface area contributed by atoms with Gasteiger partial charge >= 0.3 is 0 Å². The van der Waals surface area contributed by atoms with Gasteiger partial charge in [-0.25, -0.2) is 0 Å². The summed E-state index contributed by atoms with van der Waals surface area (Å²) in [6, 6.07) is 7.63. The second kappa shape index (κ2) is 4.20. The molecule has 0 saturated heterocycles. The molecule has 74 valence electrons. The van der Waals surface area contributed by atoms with Crippen LogP contribution < -0.4 is 0 Å². The number of benzene rings is 1. The summed E-state index contributed by atoms with van der Waals surface area (Å²) in [6.45, 7) is 0. The minimum atomic E-state index is -0.0148. The Morgan fingerprint density at radius 1 is 1.47 bits per heavy atom. The number of aromatic amines is 1. The van der Waals surface area contributed by atoms with Gasteiger partial charge in [0.1, 0.15) is 5.40 Å². The molecule has 1 heterocycles. The van der Waals surface area contributed by atoms with Crippen LogP contribution in [0, 0.1) is 10.7 Å². The van der Waals surface area contributed by atoms with Crippen molar-refractivity contribution in [2.45, 2.75) is 0 Å². The average molecular weight is 216 g/mol. The van der Waals surface area contributed by atoms with Gasteiger partial charge in [0.15, 0.2) is 5.78 Å². The monoisotopic (exact) mass is 216 g/mol. The first kappa shape index (κ1) is 9.81. The number of thiocyanates is 1. The fourth-order valence-electron chi connectivity index (χ4n) is 1.48. The molecule has 0 atom stereocenters. The Balaban J connectivity index is 2.36. The highest BCUT2D eigenvalue weighted by Crippen LogP contribution is 2.19. The number of carbonyl (C=O) groups is 1. The molecule has 0 bridgehead atoms. The predicted molar refractivity (Wildman–Crippen MR) is 60.7 cm³/mol. The number of rotatable bonds is 3. The van der Waals surface area contributed by atoms with Crippen molar-refractivity contribution in [1.29, 1.82) is 5.26 Å². The Morgan fingerprint density at radius 2 is 2.27 bits per heavy atom. The summed E-state index contributed by atoms with van der Waals surface area (Å²) in [5.41, 5.74) is 1.61. The molecule has 0 fully saturated rings. The number of carbonyl (C=O) groups excluding carboxylic acids is 1. The van der Waals surface area contributed by atoms with E-state index in [0.717, 1.165) is 22.7 Å². The molecule has 2 rings (SSSR count). The minimum absolute atomic E-state index is 0.0148. The fourth-order valence-corrected chi connectivity index (χ4v) is 1.83. The number of ketones is 1. The Kier molecular flexibility index (Phi) is 2.75. The van der Waals surface area contributed by atoms with Crippen LogP contribution in [0.3, 0.4) is 0 Å². The molecular formula is C11H8N2OS. The van der Waals surface area contributed by atoms with E-state index in [2.05, 4.69) is 4.98 Å². The van der Waals surface area contributed by atoms with Gasteiger partial charge in [-0.05, 0) is 17.8 Å². The molecule has 0 radical (unpaired) electrons. The summed E-state index contributed by atoms with van der Waals surface area (Å²) >= 11 is 0.965. The molecule has 0 amide bonds. The normalized spacial score (nSPS) is 10.1. The molecule has 0 spiro atoms. The first-order valence-corrected chi connectivity index (χ1v) is 5.41. The van der Waals surface area contributed by atoms with Crippen LogP contribution in [0.25, 0.3) is 10.9 Å². The zero-order chi connectivity index (χ0) is 10.7. The smallest absolute Gasteiger partial charge is 0.175 e. The predicted octanol–water partition coefficient (Wildman–Crippen LogP) is 2.56. The van der Waals surface area contributed by atoms with Gasteiger partial charge in [-0.15, -0.1) is 0 Å². The molecule has 2 aromatic rings. The van der Waals surface area contributed by atoms with Gasteiger partial charge in [0.2, 0.25) is 0 Å². The first-order chi connectivity index (χ1) is 7.33. The van der Waals surface area contributed by atoms with Crippen LogP contribution in [0.1, 0.15) is 10.4 Å². The number of hydrogen-bond acceptors (Lipinski definition) is 3. The maximum atomic E-state index is 11.7. The van der Waals surface area contributed by atoms with E-state index < -0.39 is 0 Å². The van der Waals surface area contributed by atoms with E-state index in [4.69, 9.17) is 5.26 Å². The van der Waals surface area contributed by atoms with E-state index in [0.29, 0.717) is 5.56 Å². The standard InChI is InChI=1S/C11H8N2OS/c12-7-15-6-11(14)9-5-13-10-4-2-1-3-8(9)10/h1-5,13H,6H2. The molecule has 0 aliphatic carbocycles. The second-order valence-electron chi connectivity index (χ2n) is 3.05. The summed E-state index contributed by atoms with van der Waals surface area (Å²) in [5, 5.41) is 11.2. The van der Waals surface area contributed by atoms with Gasteiger partial charge < -0.3 is 4.98 Å². The number of Topliss-reactive ketones (excluding diaryl/α,β-unsaturated/α-hetero) is 1. The van der Waals surface area contributed by atoms with Crippen molar-refractivity contribution >= 4 is 28.4 Å². The lowest BCUT2D eigenvalue weighted by Crippen LogP contribution is -2.00. The third-order valence-corrected chi connectivity index (χ3v) is 2.69. The van der Waals surface area contributed by atoms with Gasteiger partial charge in [-0.3, -0.25) is 4.79 Å². The summed E-state index contributed by atoms with van der Waals surface area (Å²) in [5.74, 6) is 0.192. The van der Waals surface area contributed by atoms with Crippen LogP contribution in [-0.2, 0) is 0 Å². The van der Waals surface area contributed by atoms with Crippen LogP contribution in [0.4, 0.5) is 0 Å². The molecule has 1 aromatic carbocycles. The Labute approximate surface area is 91.1 Å². The first-order valence-electron chi connectivity index (χ1n) is 4.43. The summed E-state index contributed by atoms with van der Waals surface area (Å²) in [6.07, 6.45) is 1.70. The van der Waals surface area contributed by atoms with Crippen LogP contribution in [0.15, 0.2) is 30.5 Å². The maximum Gasteiger partial charge on any atom is 0.175 e. The van der Waals surface area contributed by atoms with E-state index in [-0.39, 0.29) is 11.5 Å². The SMILES string of the molecule is N#CSCC(=O)c1c[nH]c2ccccc12. The number of nitrogens with one attached hydrogen (secondary N) is 1. The van der Waals surface area contributed by atoms with Crippen LogP contribution in [0.5, 0.6) is 0 Å². The van der Waals surface area contributed by atoms with E-state index in [1.165, 1.54) is 0 Å². The molecule has 0 saturated carbocycles. The lowest BCUT2D eigenvalue weighted by Gasteiger charge is -1.94. The van der Waals surface area contributed by atoms with Crippen molar-refractivity contribution in [3.8, 4) is 5.40 Å². The van der Waals surface area contributed by atoms with Crippen molar-refractivity contribution in [3.05, 3.63) is 36.0 Å². The highest BCUT2D eigenvalue weighted by atomic mass is 32.2. The Bertz CT molecular complexity index is 539. The van der Waals surface area contributed by atoms with Gasteiger partial charge in [-0.2, -0.15) is 5.26 Å². The summed E-state index contributed by atoms with van der Waals surface area (Å²) < 4.78 is 0. The number of hydrogen-bond donors (Lipinski definition) is 1. The third kappa shape index (κ3) is 1.88. The third-order valence-electron chi connectivity index (χ3n) is 2.16. The van der Waals surface area contributed by atoms with Crippen molar-refractivity contribution in [2.24, 2.45) is 0 Å². The largest absolute Gasteiger partial charge is 0.360 e. The average Bonchev–Trinajstić information content (AvgIpc) is 2.69. The highest BCUT2D eigenvalue weighted by molar-refractivity contribution is 8.04. The van der Waals surface area contributed by atoms with Crippen molar-refractivity contribution in [1.82, 2.24) is 4.98 Å². The van der Waals surface area contributed by atoms with E-state index in [9.17, 15) is 4.79 Å². The molecule has 0 aliphatic rings. The quantitative estimate of drug-likeness (QED) is 0.633. The second-order valence-corrected chi connectivity index (χ2v) is 3.81. The van der Waals surface area contributed by atoms with Gasteiger partial charge in [0.25, 0.3) is 0 Å². The van der Waals surface area contributed by atoms with Crippen molar-refractivity contribution in [3.63, 3.8) is 0 Å². The van der Waals surface area contributed by atoms with E-state index in [1.54, 1.807) is 6.20 Å². The molecule has 3 nitrogen and oxygen atoms in total. The number of H-pyrrole nitrogens is 1. The maximum absolute atomic E-state index is 11.7. The number of para-hydroxylation sites is 1. The fraction of sp³-hybridized carbons (Fsp3) is 0.0909. The zero-order valence-corrected chi connectivity index (χ0v) is 8.67. The van der Waals surface area contributed by atoms with Gasteiger partial charge in [-0.1, -0.05) is 18.2 Å². The van der Waals surface area contributed by atoms with Crippen LogP contribution in [-0.4, -0.2) is 16.5 Å². The topological polar surface area (TPSA) is 56.6 Å². The van der Waals surface area contributed by atoms with Gasteiger partial charge in [0, 0.05) is 22.7 Å². The molecule has 0 aliphatic heterocycles. The molecule has 15 heavy (non-hydrogen) atoms. The Morgan fingerprint density at radius 3 is 3.07 bits per heavy atom. The number of aromatic nitrogens is 1. The van der Waals surface area contributed by atoms with Crippen molar-refractivity contribution < 1.29 is 4.79 Å². The lowest BCUT2D eigenvalue weighted by atomic mass is 10.1. The highest BCUT2D eigenvalue weighted by Gasteiger charge is 2.11. The molecule has 1 aromatic heterocycles. The number of fused-ring (bicyclic) bond motifs is 1. The Hall–Kier alpha value is -1.73. The van der Waals surface area contributed by atoms with Crippen molar-refractivity contribution in [2.75, 3.05) is 5.75 Å². The summed E-state index contributed by atoms with van der Waals surface area (Å²) in [7, 11) is 0. The number of nitrogens with zero attached hydrogens (tertiary/aromatic N) is 1.